The lowest BCUT2D eigenvalue weighted by Gasteiger charge is -2.09. The molecule has 5 heteroatoms. The van der Waals surface area contributed by atoms with Crippen LogP contribution in [0.4, 0.5) is 17.6 Å². The molecule has 0 bridgehead atoms. The van der Waals surface area contributed by atoms with Crippen LogP contribution in [0.15, 0.2) is 18.2 Å². The van der Waals surface area contributed by atoms with Gasteiger partial charge in [0.2, 0.25) is 0 Å². The van der Waals surface area contributed by atoms with Crippen molar-refractivity contribution >= 4 is 12.6 Å². The van der Waals surface area contributed by atoms with Gasteiger partial charge in [-0.25, -0.2) is 4.39 Å². The van der Waals surface area contributed by atoms with Crippen molar-refractivity contribution in [3.8, 4) is 0 Å². The Balaban J connectivity index is 2.95. The highest BCUT2D eigenvalue weighted by Gasteiger charge is 2.30. The molecule has 0 aliphatic heterocycles. The number of aryl methyl sites for hydroxylation is 1. The maximum absolute atomic E-state index is 13.1. The molecule has 0 unspecified atom stereocenters. The Kier molecular flexibility index (Phi) is 4.02. The van der Waals surface area contributed by atoms with E-state index in [1.54, 1.807) is 0 Å². The molecular weight excluding hydrogens is 228 g/mol. The summed E-state index contributed by atoms with van der Waals surface area (Å²) in [5.74, 6) is -0.0693. The van der Waals surface area contributed by atoms with Gasteiger partial charge in [0.25, 0.3) is 0 Å². The molecule has 0 radical (unpaired) electrons. The van der Waals surface area contributed by atoms with E-state index in [1.165, 1.54) is 0 Å². The summed E-state index contributed by atoms with van der Waals surface area (Å²) < 4.78 is 49.9. The van der Waals surface area contributed by atoms with Crippen LogP contribution < -0.4 is 0 Å². The van der Waals surface area contributed by atoms with Crippen LogP contribution in [0.5, 0.6) is 0 Å². The van der Waals surface area contributed by atoms with Crippen molar-refractivity contribution in [3.63, 3.8) is 0 Å². The summed E-state index contributed by atoms with van der Waals surface area (Å²) in [4.78, 5) is 0. The number of thiol groups is 1. The Hall–Kier alpha value is -0.710. The van der Waals surface area contributed by atoms with Crippen molar-refractivity contribution in [1.82, 2.24) is 0 Å². The van der Waals surface area contributed by atoms with E-state index in [1.807, 2.05) is 0 Å². The minimum absolute atomic E-state index is 0.0962. The van der Waals surface area contributed by atoms with Crippen molar-refractivity contribution in [1.29, 1.82) is 0 Å². The second-order valence-corrected chi connectivity index (χ2v) is 3.58. The first-order valence-corrected chi connectivity index (χ1v) is 5.05. The summed E-state index contributed by atoms with van der Waals surface area (Å²) in [6.45, 7) is 0. The van der Waals surface area contributed by atoms with Crippen molar-refractivity contribution < 1.29 is 17.6 Å². The minimum Gasteiger partial charge on any atom is -0.207 e. The average molecular weight is 238 g/mol. The molecule has 15 heavy (non-hydrogen) atoms. The monoisotopic (exact) mass is 238 g/mol. The number of alkyl halides is 3. The van der Waals surface area contributed by atoms with Gasteiger partial charge in [0, 0.05) is 0 Å². The third-order valence-corrected chi connectivity index (χ3v) is 2.29. The van der Waals surface area contributed by atoms with Gasteiger partial charge in [0.1, 0.15) is 5.82 Å². The Morgan fingerprint density at radius 3 is 2.40 bits per heavy atom. The van der Waals surface area contributed by atoms with Crippen molar-refractivity contribution in [3.05, 3.63) is 35.1 Å². The highest BCUT2D eigenvalue weighted by Crippen LogP contribution is 2.30. The molecule has 0 fully saturated rings. The SMILES string of the molecule is Fc1ccc(C(F)(F)F)cc1CCCS. The molecule has 0 aliphatic carbocycles. The van der Waals surface area contributed by atoms with Crippen molar-refractivity contribution in [2.24, 2.45) is 0 Å². The van der Waals surface area contributed by atoms with Gasteiger partial charge in [-0.2, -0.15) is 25.8 Å². The van der Waals surface area contributed by atoms with Crippen LogP contribution in [0.1, 0.15) is 17.5 Å². The van der Waals surface area contributed by atoms with Crippen LogP contribution in [0.2, 0.25) is 0 Å². The lowest BCUT2D eigenvalue weighted by molar-refractivity contribution is -0.137. The normalized spacial score (nSPS) is 11.8. The first-order valence-electron chi connectivity index (χ1n) is 4.41. The summed E-state index contributed by atoms with van der Waals surface area (Å²) in [6, 6.07) is 2.47. The predicted molar refractivity (Wildman–Crippen MR) is 53.6 cm³/mol. The number of hydrogen-bond acceptors (Lipinski definition) is 1. The smallest absolute Gasteiger partial charge is 0.207 e. The van der Waals surface area contributed by atoms with Gasteiger partial charge in [-0.3, -0.25) is 0 Å². The second kappa shape index (κ2) is 4.88. The van der Waals surface area contributed by atoms with Crippen LogP contribution in [-0.4, -0.2) is 5.75 Å². The van der Waals surface area contributed by atoms with E-state index in [-0.39, 0.29) is 12.0 Å². The third-order valence-electron chi connectivity index (χ3n) is 1.98. The fourth-order valence-corrected chi connectivity index (χ4v) is 1.37. The third kappa shape index (κ3) is 3.41. The zero-order valence-electron chi connectivity index (χ0n) is 7.81. The maximum Gasteiger partial charge on any atom is 0.416 e. The van der Waals surface area contributed by atoms with Gasteiger partial charge in [0.05, 0.1) is 5.56 Å². The highest BCUT2D eigenvalue weighted by atomic mass is 32.1. The van der Waals surface area contributed by atoms with Crippen molar-refractivity contribution in [2.75, 3.05) is 5.75 Å². The van der Waals surface area contributed by atoms with Crippen LogP contribution >= 0.6 is 12.6 Å². The summed E-state index contributed by atoms with van der Waals surface area (Å²) in [7, 11) is 0. The predicted octanol–water partition coefficient (Wildman–Crippen LogP) is 3.71. The average Bonchev–Trinajstić information content (AvgIpc) is 2.15. The molecule has 0 amide bonds. The second-order valence-electron chi connectivity index (χ2n) is 3.13. The summed E-state index contributed by atoms with van der Waals surface area (Å²) in [5, 5.41) is 0. The van der Waals surface area contributed by atoms with E-state index >= 15 is 0 Å². The molecule has 1 aromatic carbocycles. The molecule has 0 nitrogen and oxygen atoms in total. The van der Waals surface area contributed by atoms with E-state index in [0.717, 1.165) is 18.2 Å². The fraction of sp³-hybridized carbons (Fsp3) is 0.400. The number of hydrogen-bond donors (Lipinski definition) is 1. The van der Waals surface area contributed by atoms with E-state index in [2.05, 4.69) is 12.6 Å². The molecule has 84 valence electrons. The lowest BCUT2D eigenvalue weighted by Crippen LogP contribution is -2.06. The van der Waals surface area contributed by atoms with Gasteiger partial charge in [0.15, 0.2) is 0 Å². The van der Waals surface area contributed by atoms with Crippen molar-refractivity contribution in [2.45, 2.75) is 19.0 Å². The van der Waals surface area contributed by atoms with Crippen LogP contribution in [0, 0.1) is 5.82 Å². The van der Waals surface area contributed by atoms with Gasteiger partial charge >= 0.3 is 6.18 Å². The molecule has 1 rings (SSSR count). The summed E-state index contributed by atoms with van der Waals surface area (Å²) in [6.07, 6.45) is -3.58. The van der Waals surface area contributed by atoms with Crippen LogP contribution in [0.25, 0.3) is 0 Å². The molecule has 0 saturated heterocycles. The molecule has 1 aromatic rings. The number of benzene rings is 1. The Labute approximate surface area is 90.7 Å². The minimum atomic E-state index is -4.41. The highest BCUT2D eigenvalue weighted by molar-refractivity contribution is 7.80. The molecule has 0 N–H and O–H groups in total. The molecule has 0 aliphatic rings. The van der Waals surface area contributed by atoms with Crippen LogP contribution in [-0.2, 0) is 12.6 Å². The lowest BCUT2D eigenvalue weighted by atomic mass is 10.1. The quantitative estimate of drug-likeness (QED) is 0.602. The zero-order valence-corrected chi connectivity index (χ0v) is 8.71. The molecule has 0 spiro atoms. The fourth-order valence-electron chi connectivity index (χ4n) is 1.21. The largest absolute Gasteiger partial charge is 0.416 e. The number of rotatable bonds is 3. The number of halogens is 4. The van der Waals surface area contributed by atoms with Gasteiger partial charge in [-0.15, -0.1) is 0 Å². The molecule has 0 aromatic heterocycles. The Bertz CT molecular complexity index is 333. The first kappa shape index (κ1) is 12.4. The zero-order chi connectivity index (χ0) is 11.5. The van der Waals surface area contributed by atoms with Gasteiger partial charge in [-0.05, 0) is 42.4 Å². The Morgan fingerprint density at radius 1 is 1.20 bits per heavy atom. The molecule has 0 saturated carbocycles. The molecular formula is C10H10F4S. The molecule has 0 heterocycles. The standard InChI is InChI=1S/C10H10F4S/c11-9-4-3-8(10(12,13)14)6-7(9)2-1-5-15/h3-4,6,15H,1-2,5H2. The first-order chi connectivity index (χ1) is 6.95. The van der Waals surface area contributed by atoms with Gasteiger partial charge in [-0.1, -0.05) is 0 Å². The summed E-state index contributed by atoms with van der Waals surface area (Å²) in [5.41, 5.74) is -0.711. The maximum atomic E-state index is 13.1. The van der Waals surface area contributed by atoms with E-state index in [0.29, 0.717) is 12.2 Å². The van der Waals surface area contributed by atoms with Gasteiger partial charge < -0.3 is 0 Å². The summed E-state index contributed by atoms with van der Waals surface area (Å²) >= 11 is 3.92. The Morgan fingerprint density at radius 2 is 1.87 bits per heavy atom. The molecule has 0 atom stereocenters. The van der Waals surface area contributed by atoms with E-state index in [4.69, 9.17) is 0 Å². The topological polar surface area (TPSA) is 0 Å². The van der Waals surface area contributed by atoms with Crippen LogP contribution in [0.3, 0.4) is 0 Å². The van der Waals surface area contributed by atoms with E-state index < -0.39 is 17.6 Å². The van der Waals surface area contributed by atoms with E-state index in [9.17, 15) is 17.6 Å².